The summed E-state index contributed by atoms with van der Waals surface area (Å²) in [7, 11) is -2.84. The number of ether oxygens (including phenoxy) is 3. The Bertz CT molecular complexity index is 1520. The third-order valence-electron chi connectivity index (χ3n) is 8.82. The molecule has 0 radical (unpaired) electrons. The first-order valence-electron chi connectivity index (χ1n) is 14.1. The first kappa shape index (κ1) is 28.5. The molecule has 0 saturated carbocycles. The predicted octanol–water partition coefficient (Wildman–Crippen LogP) is 5.86. The Labute approximate surface area is 247 Å². The molecule has 2 aliphatic heterocycles. The number of nitrogens with zero attached hydrogens (tertiary/aromatic N) is 3. The topological polar surface area (TPSA) is 67.6 Å². The molecule has 0 N–H and O–H groups in total. The van der Waals surface area contributed by atoms with Crippen LogP contribution >= 0.6 is 11.6 Å². The molecule has 2 saturated heterocycles. The van der Waals surface area contributed by atoms with E-state index in [1.807, 2.05) is 30.7 Å². The van der Waals surface area contributed by atoms with Gasteiger partial charge >= 0.3 is 0 Å². The Hall–Kier alpha value is -2.59. The zero-order valence-electron chi connectivity index (χ0n) is 24.7. The summed E-state index contributed by atoms with van der Waals surface area (Å²) in [5, 5.41) is 3.41. The standard InChI is InChI=1S/C32H38ClN3O4Si/c1-29(2,3)41(22-14-10-8-11-15-22,23-16-12-9-13-17-23)37-20-31(6)32(7)25(38-30(4,5)40-32)28(39-31)36-19-18-24-26(33)34-21-35-27(24)36/h8-19,21,25,28H,20H2,1-7H3/t25-,28+,31+,32-/m0/s1. The minimum absolute atomic E-state index is 0.180. The summed E-state index contributed by atoms with van der Waals surface area (Å²) in [5.41, 5.74) is -1.00. The van der Waals surface area contributed by atoms with Gasteiger partial charge in [-0.15, -0.1) is 0 Å². The van der Waals surface area contributed by atoms with E-state index >= 15 is 0 Å². The molecule has 41 heavy (non-hydrogen) atoms. The molecule has 0 bridgehead atoms. The molecule has 0 amide bonds. The minimum Gasteiger partial charge on any atom is -0.404 e. The van der Waals surface area contributed by atoms with Crippen LogP contribution in [0.2, 0.25) is 10.2 Å². The predicted molar refractivity (Wildman–Crippen MR) is 163 cm³/mol. The van der Waals surface area contributed by atoms with Gasteiger partial charge in [0, 0.05) is 6.20 Å². The second-order valence-corrected chi connectivity index (χ2v) is 17.6. The van der Waals surface area contributed by atoms with Gasteiger partial charge in [-0.05, 0) is 49.2 Å². The van der Waals surface area contributed by atoms with Gasteiger partial charge < -0.3 is 23.2 Å². The van der Waals surface area contributed by atoms with Crippen LogP contribution in [0.4, 0.5) is 0 Å². The van der Waals surface area contributed by atoms with Crippen LogP contribution in [-0.2, 0) is 18.6 Å². The highest BCUT2D eigenvalue weighted by atomic mass is 35.5. The number of hydrogen-bond acceptors (Lipinski definition) is 6. The van der Waals surface area contributed by atoms with Crippen molar-refractivity contribution in [1.82, 2.24) is 14.5 Å². The van der Waals surface area contributed by atoms with Crippen LogP contribution in [0.3, 0.4) is 0 Å². The Morgan fingerprint density at radius 3 is 2.10 bits per heavy atom. The van der Waals surface area contributed by atoms with Crippen LogP contribution in [0.25, 0.3) is 11.0 Å². The first-order chi connectivity index (χ1) is 19.3. The van der Waals surface area contributed by atoms with E-state index < -0.39 is 37.6 Å². The summed E-state index contributed by atoms with van der Waals surface area (Å²) < 4.78 is 29.6. The normalized spacial score (nSPS) is 27.8. The summed E-state index contributed by atoms with van der Waals surface area (Å²) in [6.45, 7) is 15.2. The van der Waals surface area contributed by atoms with Crippen molar-refractivity contribution in [3.05, 3.63) is 84.4 Å². The van der Waals surface area contributed by atoms with Gasteiger partial charge in [0.25, 0.3) is 8.32 Å². The van der Waals surface area contributed by atoms with E-state index in [9.17, 15) is 0 Å². The van der Waals surface area contributed by atoms with E-state index in [0.717, 1.165) is 5.39 Å². The fourth-order valence-electron chi connectivity index (χ4n) is 6.73. The molecule has 2 aromatic carbocycles. The van der Waals surface area contributed by atoms with Crippen LogP contribution in [-0.4, -0.2) is 52.6 Å². The molecule has 4 atom stereocenters. The molecule has 7 nitrogen and oxygen atoms in total. The second kappa shape index (κ2) is 9.72. The molecule has 4 heterocycles. The summed E-state index contributed by atoms with van der Waals surface area (Å²) in [6, 6.07) is 23.2. The van der Waals surface area contributed by atoms with Gasteiger partial charge in [0.15, 0.2) is 12.0 Å². The van der Waals surface area contributed by atoms with Crippen molar-refractivity contribution in [3.63, 3.8) is 0 Å². The van der Waals surface area contributed by atoms with Gasteiger partial charge in [-0.25, -0.2) is 9.97 Å². The van der Waals surface area contributed by atoms with Gasteiger partial charge in [0.05, 0.1) is 12.0 Å². The lowest BCUT2D eigenvalue weighted by Crippen LogP contribution is -2.68. The fraction of sp³-hybridized carbons (Fsp3) is 0.438. The summed E-state index contributed by atoms with van der Waals surface area (Å²) in [6.07, 6.45) is 2.46. The van der Waals surface area contributed by atoms with Gasteiger partial charge in [-0.2, -0.15) is 0 Å². The maximum Gasteiger partial charge on any atom is 0.261 e. The molecule has 4 aromatic rings. The quantitative estimate of drug-likeness (QED) is 0.207. The second-order valence-electron chi connectivity index (χ2n) is 13.0. The largest absolute Gasteiger partial charge is 0.404 e. The average molecular weight is 592 g/mol. The average Bonchev–Trinajstić information content (AvgIpc) is 3.52. The molecule has 0 unspecified atom stereocenters. The molecule has 9 heteroatoms. The number of hydrogen-bond donors (Lipinski definition) is 0. The number of halogens is 1. The van der Waals surface area contributed by atoms with E-state index in [1.54, 1.807) is 0 Å². The Morgan fingerprint density at radius 2 is 1.51 bits per heavy atom. The van der Waals surface area contributed by atoms with Crippen molar-refractivity contribution < 1.29 is 18.6 Å². The van der Waals surface area contributed by atoms with Crippen molar-refractivity contribution >= 4 is 41.3 Å². The third-order valence-corrected chi connectivity index (χ3v) is 14.1. The molecule has 2 aliphatic rings. The minimum atomic E-state index is -2.84. The van der Waals surface area contributed by atoms with Gasteiger partial charge in [-0.1, -0.05) is 93.0 Å². The molecule has 6 rings (SSSR count). The number of benzene rings is 2. The van der Waals surface area contributed by atoms with Gasteiger partial charge in [-0.3, -0.25) is 0 Å². The lowest BCUT2D eigenvalue weighted by molar-refractivity contribution is -0.240. The monoisotopic (exact) mass is 591 g/mol. The van der Waals surface area contributed by atoms with E-state index in [0.29, 0.717) is 17.4 Å². The summed E-state index contributed by atoms with van der Waals surface area (Å²) in [5.74, 6) is -0.810. The fourth-order valence-corrected chi connectivity index (χ4v) is 11.6. The smallest absolute Gasteiger partial charge is 0.261 e. The number of fused-ring (bicyclic) bond motifs is 2. The molecule has 2 fully saturated rings. The van der Waals surface area contributed by atoms with Crippen LogP contribution in [0.15, 0.2) is 79.3 Å². The first-order valence-corrected chi connectivity index (χ1v) is 16.4. The number of aromatic nitrogens is 3. The van der Waals surface area contributed by atoms with Crippen molar-refractivity contribution in [2.45, 2.75) is 82.8 Å². The Kier molecular flexibility index (Phi) is 6.76. The highest BCUT2D eigenvalue weighted by Crippen LogP contribution is 2.56. The van der Waals surface area contributed by atoms with Crippen LogP contribution in [0, 0.1) is 0 Å². The van der Waals surface area contributed by atoms with Crippen LogP contribution < -0.4 is 10.4 Å². The highest BCUT2D eigenvalue weighted by Gasteiger charge is 2.70. The Balaban J connectivity index is 1.45. The molecule has 0 spiro atoms. The molecular formula is C32H38ClN3O4Si. The highest BCUT2D eigenvalue weighted by molar-refractivity contribution is 6.99. The third kappa shape index (κ3) is 4.39. The SMILES string of the molecule is CC1(C)O[C@H]2[C@H](n3ccc4c(Cl)ncnc43)O[C@](C)(CO[Si](c3ccccc3)(c3ccccc3)C(C)(C)C)[C@@]2(C)O1. The van der Waals surface area contributed by atoms with Crippen molar-refractivity contribution in [2.75, 3.05) is 6.61 Å². The van der Waals surface area contributed by atoms with E-state index in [2.05, 4.69) is 105 Å². The zero-order chi connectivity index (χ0) is 29.3. The van der Waals surface area contributed by atoms with Crippen molar-refractivity contribution in [2.24, 2.45) is 0 Å². The van der Waals surface area contributed by atoms with Crippen LogP contribution in [0.5, 0.6) is 0 Å². The Morgan fingerprint density at radius 1 is 0.902 bits per heavy atom. The molecular weight excluding hydrogens is 554 g/mol. The van der Waals surface area contributed by atoms with Crippen molar-refractivity contribution in [3.8, 4) is 0 Å². The van der Waals surface area contributed by atoms with Crippen LogP contribution in [0.1, 0.15) is 54.7 Å². The summed E-state index contributed by atoms with van der Waals surface area (Å²) >= 11 is 6.40. The number of rotatable bonds is 6. The van der Waals surface area contributed by atoms with E-state index in [-0.39, 0.29) is 5.04 Å². The molecule has 0 aliphatic carbocycles. The summed E-state index contributed by atoms with van der Waals surface area (Å²) in [4.78, 5) is 8.68. The molecule has 2 aromatic heterocycles. The maximum atomic E-state index is 7.39. The van der Waals surface area contributed by atoms with Crippen molar-refractivity contribution in [1.29, 1.82) is 0 Å². The van der Waals surface area contributed by atoms with E-state index in [1.165, 1.54) is 16.7 Å². The molecule has 216 valence electrons. The van der Waals surface area contributed by atoms with E-state index in [4.69, 9.17) is 30.2 Å². The van der Waals surface area contributed by atoms with Gasteiger partial charge in [0.2, 0.25) is 0 Å². The van der Waals surface area contributed by atoms with Gasteiger partial charge in [0.1, 0.15) is 34.4 Å². The lowest BCUT2D eigenvalue weighted by Gasteiger charge is -2.46. The lowest BCUT2D eigenvalue weighted by atomic mass is 9.84. The maximum absolute atomic E-state index is 7.39. The zero-order valence-corrected chi connectivity index (χ0v) is 26.5.